The van der Waals surface area contributed by atoms with Crippen molar-refractivity contribution in [1.82, 2.24) is 5.32 Å². The predicted molar refractivity (Wildman–Crippen MR) is 85.6 cm³/mol. The van der Waals surface area contributed by atoms with E-state index in [0.29, 0.717) is 6.54 Å². The number of hydrogen-bond acceptors (Lipinski definition) is 1. The van der Waals surface area contributed by atoms with E-state index in [4.69, 9.17) is 0 Å². The number of nitrogens with one attached hydrogen (secondary N) is 1. The van der Waals surface area contributed by atoms with Gasteiger partial charge in [0.15, 0.2) is 0 Å². The second-order valence-electron chi connectivity index (χ2n) is 4.81. The van der Waals surface area contributed by atoms with E-state index in [1.165, 1.54) is 24.8 Å². The van der Waals surface area contributed by atoms with Gasteiger partial charge in [-0.05, 0) is 24.8 Å². The van der Waals surface area contributed by atoms with E-state index in [-0.39, 0.29) is 5.91 Å². The highest BCUT2D eigenvalue weighted by molar-refractivity contribution is 5.87. The average Bonchev–Trinajstić information content (AvgIpc) is 2.47. The van der Waals surface area contributed by atoms with Gasteiger partial charge >= 0.3 is 0 Å². The zero-order valence-electron chi connectivity index (χ0n) is 12.3. The van der Waals surface area contributed by atoms with Gasteiger partial charge in [0.25, 0.3) is 0 Å². The third kappa shape index (κ3) is 8.30. The van der Waals surface area contributed by atoms with Crippen LogP contribution < -0.4 is 5.32 Å². The van der Waals surface area contributed by atoms with Crippen LogP contribution in [0.2, 0.25) is 0 Å². The van der Waals surface area contributed by atoms with Crippen LogP contribution in [0.5, 0.6) is 0 Å². The van der Waals surface area contributed by atoms with Crippen LogP contribution in [0.3, 0.4) is 0 Å². The zero-order valence-corrected chi connectivity index (χ0v) is 12.3. The van der Waals surface area contributed by atoms with Gasteiger partial charge in [0.1, 0.15) is 0 Å². The number of hydrogen-bond donors (Lipinski definition) is 1. The number of benzene rings is 1. The number of allylic oxidation sites excluding steroid dienone is 3. The maximum absolute atomic E-state index is 11.5. The van der Waals surface area contributed by atoms with Crippen molar-refractivity contribution in [2.75, 3.05) is 6.54 Å². The Hall–Kier alpha value is -1.83. The minimum atomic E-state index is -0.0286. The number of amides is 1. The molecule has 0 unspecified atom stereocenters. The minimum Gasteiger partial charge on any atom is -0.352 e. The van der Waals surface area contributed by atoms with Gasteiger partial charge in [-0.3, -0.25) is 4.79 Å². The summed E-state index contributed by atoms with van der Waals surface area (Å²) in [5.74, 6) is -0.0286. The number of carbonyl (C=O) groups is 1. The van der Waals surface area contributed by atoms with Crippen LogP contribution in [0.15, 0.2) is 54.6 Å². The third-order valence-corrected chi connectivity index (χ3v) is 3.02. The van der Waals surface area contributed by atoms with Gasteiger partial charge in [-0.25, -0.2) is 0 Å². The standard InChI is InChI=1S/C18H25NO/c1-2-3-4-5-6-7-11-14-18(20)19-16-15-17-12-9-8-10-13-17/h6-14H,2-5,15-16H2,1H3,(H,19,20)/b7-6+,14-11-. The molecule has 0 bridgehead atoms. The highest BCUT2D eigenvalue weighted by atomic mass is 16.1. The molecule has 0 atom stereocenters. The van der Waals surface area contributed by atoms with Crippen molar-refractivity contribution in [3.05, 3.63) is 60.2 Å². The van der Waals surface area contributed by atoms with Crippen molar-refractivity contribution in [3.63, 3.8) is 0 Å². The molecule has 1 aromatic rings. The Morgan fingerprint density at radius 2 is 1.95 bits per heavy atom. The fourth-order valence-electron chi connectivity index (χ4n) is 1.86. The van der Waals surface area contributed by atoms with Gasteiger partial charge in [0.05, 0.1) is 0 Å². The lowest BCUT2D eigenvalue weighted by molar-refractivity contribution is -0.116. The fraction of sp³-hybridized carbons (Fsp3) is 0.389. The number of rotatable bonds is 9. The van der Waals surface area contributed by atoms with Crippen molar-refractivity contribution >= 4 is 5.91 Å². The molecule has 0 aliphatic carbocycles. The van der Waals surface area contributed by atoms with Crippen LogP contribution in [0, 0.1) is 0 Å². The van der Waals surface area contributed by atoms with Crippen molar-refractivity contribution in [2.45, 2.75) is 39.0 Å². The zero-order chi connectivity index (χ0) is 14.5. The summed E-state index contributed by atoms with van der Waals surface area (Å²) < 4.78 is 0. The molecule has 0 aliphatic heterocycles. The lowest BCUT2D eigenvalue weighted by atomic mass is 10.1. The van der Waals surface area contributed by atoms with E-state index in [2.05, 4.69) is 30.4 Å². The molecular formula is C18H25NO. The normalized spacial score (nSPS) is 11.2. The first kappa shape index (κ1) is 16.2. The molecule has 0 fully saturated rings. The van der Waals surface area contributed by atoms with Gasteiger partial charge in [0, 0.05) is 12.6 Å². The molecular weight excluding hydrogens is 246 g/mol. The monoisotopic (exact) mass is 271 g/mol. The largest absolute Gasteiger partial charge is 0.352 e. The Morgan fingerprint density at radius 1 is 1.15 bits per heavy atom. The van der Waals surface area contributed by atoms with Crippen molar-refractivity contribution in [1.29, 1.82) is 0 Å². The molecule has 0 heterocycles. The first-order valence-corrected chi connectivity index (χ1v) is 7.48. The molecule has 20 heavy (non-hydrogen) atoms. The molecule has 2 heteroatoms. The summed E-state index contributed by atoms with van der Waals surface area (Å²) in [4.78, 5) is 11.5. The number of carbonyl (C=O) groups excluding carboxylic acids is 1. The van der Waals surface area contributed by atoms with Crippen molar-refractivity contribution in [3.8, 4) is 0 Å². The van der Waals surface area contributed by atoms with Gasteiger partial charge in [0.2, 0.25) is 5.91 Å². The quantitative estimate of drug-likeness (QED) is 0.410. The summed E-state index contributed by atoms with van der Waals surface area (Å²) in [7, 11) is 0. The molecule has 0 aromatic heterocycles. The summed E-state index contributed by atoms with van der Waals surface area (Å²) in [6.07, 6.45) is 13.2. The lowest BCUT2D eigenvalue weighted by Gasteiger charge is -2.01. The summed E-state index contributed by atoms with van der Waals surface area (Å²) in [5, 5.41) is 2.88. The van der Waals surface area contributed by atoms with E-state index in [9.17, 15) is 4.79 Å². The molecule has 1 amide bonds. The number of unbranched alkanes of at least 4 members (excludes halogenated alkanes) is 3. The minimum absolute atomic E-state index is 0.0286. The smallest absolute Gasteiger partial charge is 0.243 e. The van der Waals surface area contributed by atoms with E-state index in [0.717, 1.165) is 12.8 Å². The van der Waals surface area contributed by atoms with Crippen LogP contribution in [-0.4, -0.2) is 12.5 Å². The Morgan fingerprint density at radius 3 is 2.70 bits per heavy atom. The summed E-state index contributed by atoms with van der Waals surface area (Å²) in [6.45, 7) is 2.87. The Labute approximate surface area is 122 Å². The van der Waals surface area contributed by atoms with Crippen LogP contribution in [0.25, 0.3) is 0 Å². The molecule has 108 valence electrons. The second kappa shape index (κ2) is 11.0. The Balaban J connectivity index is 2.10. The first-order chi connectivity index (χ1) is 9.83. The van der Waals surface area contributed by atoms with Gasteiger partial charge in [-0.2, -0.15) is 0 Å². The van der Waals surface area contributed by atoms with E-state index < -0.39 is 0 Å². The van der Waals surface area contributed by atoms with Crippen LogP contribution >= 0.6 is 0 Å². The van der Waals surface area contributed by atoms with Gasteiger partial charge in [-0.1, -0.05) is 68.3 Å². The Bertz CT molecular complexity index is 420. The van der Waals surface area contributed by atoms with Crippen LogP contribution in [0.1, 0.15) is 38.2 Å². The maximum atomic E-state index is 11.5. The summed E-state index contributed by atoms with van der Waals surface area (Å²) in [6, 6.07) is 10.2. The molecule has 0 radical (unpaired) electrons. The van der Waals surface area contributed by atoms with Crippen LogP contribution in [-0.2, 0) is 11.2 Å². The molecule has 0 saturated heterocycles. The first-order valence-electron chi connectivity index (χ1n) is 7.48. The molecule has 1 rings (SSSR count). The predicted octanol–water partition coefficient (Wildman–Crippen LogP) is 4.04. The molecule has 0 spiro atoms. The molecule has 1 N–H and O–H groups in total. The topological polar surface area (TPSA) is 29.1 Å². The average molecular weight is 271 g/mol. The fourth-order valence-corrected chi connectivity index (χ4v) is 1.86. The van der Waals surface area contributed by atoms with Gasteiger partial charge < -0.3 is 5.32 Å². The lowest BCUT2D eigenvalue weighted by Crippen LogP contribution is -2.23. The molecule has 1 aromatic carbocycles. The van der Waals surface area contributed by atoms with E-state index in [1.807, 2.05) is 30.4 Å². The molecule has 0 saturated carbocycles. The van der Waals surface area contributed by atoms with E-state index in [1.54, 1.807) is 6.08 Å². The summed E-state index contributed by atoms with van der Waals surface area (Å²) in [5.41, 5.74) is 1.24. The SMILES string of the molecule is CCCCC/C=C/C=C\C(=O)NCCc1ccccc1. The van der Waals surface area contributed by atoms with E-state index >= 15 is 0 Å². The molecule has 0 aliphatic rings. The Kier molecular flexibility index (Phi) is 8.95. The third-order valence-electron chi connectivity index (χ3n) is 3.02. The van der Waals surface area contributed by atoms with Crippen LogP contribution in [0.4, 0.5) is 0 Å². The highest BCUT2D eigenvalue weighted by Crippen LogP contribution is 1.99. The highest BCUT2D eigenvalue weighted by Gasteiger charge is 1.94. The summed E-state index contributed by atoms with van der Waals surface area (Å²) >= 11 is 0. The van der Waals surface area contributed by atoms with Crippen molar-refractivity contribution < 1.29 is 4.79 Å². The van der Waals surface area contributed by atoms with Crippen molar-refractivity contribution in [2.24, 2.45) is 0 Å². The maximum Gasteiger partial charge on any atom is 0.243 e. The molecule has 2 nitrogen and oxygen atoms in total. The second-order valence-corrected chi connectivity index (χ2v) is 4.81. The van der Waals surface area contributed by atoms with Gasteiger partial charge in [-0.15, -0.1) is 0 Å².